The Morgan fingerprint density at radius 2 is 2.00 bits per heavy atom. The summed E-state index contributed by atoms with van der Waals surface area (Å²) in [4.78, 5) is 0. The Morgan fingerprint density at radius 3 is 2.47 bits per heavy atom. The molecular formula is C16H26FNO. The summed E-state index contributed by atoms with van der Waals surface area (Å²) < 4.78 is 18.7. The lowest BCUT2D eigenvalue weighted by molar-refractivity contribution is 0.232. The molecule has 0 spiro atoms. The van der Waals surface area contributed by atoms with Gasteiger partial charge in [-0.2, -0.15) is 0 Å². The summed E-state index contributed by atoms with van der Waals surface area (Å²) in [6, 6.07) is 5.56. The van der Waals surface area contributed by atoms with Gasteiger partial charge in [-0.15, -0.1) is 0 Å². The van der Waals surface area contributed by atoms with Crippen molar-refractivity contribution in [3.8, 4) is 5.75 Å². The molecular weight excluding hydrogens is 241 g/mol. The molecule has 0 fully saturated rings. The third-order valence-electron chi connectivity index (χ3n) is 3.96. The first-order chi connectivity index (χ1) is 8.94. The van der Waals surface area contributed by atoms with Gasteiger partial charge in [0.05, 0.1) is 7.11 Å². The molecule has 1 N–H and O–H groups in total. The first-order valence-electron chi connectivity index (χ1n) is 7.00. The molecule has 3 heteroatoms. The van der Waals surface area contributed by atoms with E-state index in [9.17, 15) is 4.39 Å². The second-order valence-corrected chi connectivity index (χ2v) is 5.63. The van der Waals surface area contributed by atoms with E-state index in [1.54, 1.807) is 12.1 Å². The van der Waals surface area contributed by atoms with Gasteiger partial charge in [-0.3, -0.25) is 0 Å². The Hall–Kier alpha value is -1.09. The first kappa shape index (κ1) is 16.0. The minimum Gasteiger partial charge on any atom is -0.494 e. The van der Waals surface area contributed by atoms with Crippen LogP contribution in [-0.4, -0.2) is 19.7 Å². The van der Waals surface area contributed by atoms with Gasteiger partial charge in [0.1, 0.15) is 0 Å². The van der Waals surface area contributed by atoms with Crippen LogP contribution in [0.4, 0.5) is 4.39 Å². The molecule has 1 rings (SSSR count). The topological polar surface area (TPSA) is 21.3 Å². The Balaban J connectivity index is 2.88. The van der Waals surface area contributed by atoms with Crippen molar-refractivity contribution in [2.45, 2.75) is 46.6 Å². The predicted molar refractivity (Wildman–Crippen MR) is 78.2 cm³/mol. The fraction of sp³-hybridized carbons (Fsp3) is 0.625. The second kappa shape index (κ2) is 6.90. The Labute approximate surface area is 116 Å². The summed E-state index contributed by atoms with van der Waals surface area (Å²) in [5.41, 5.74) is 1.19. The number of nitrogens with one attached hydrogen (secondary N) is 1. The highest BCUT2D eigenvalue weighted by Crippen LogP contribution is 2.28. The Morgan fingerprint density at radius 1 is 1.32 bits per heavy atom. The first-order valence-corrected chi connectivity index (χ1v) is 7.00. The van der Waals surface area contributed by atoms with E-state index in [2.05, 4.69) is 33.0 Å². The molecule has 0 aliphatic rings. The van der Waals surface area contributed by atoms with Crippen LogP contribution in [0, 0.1) is 11.2 Å². The zero-order valence-electron chi connectivity index (χ0n) is 12.7. The van der Waals surface area contributed by atoms with E-state index in [4.69, 9.17) is 4.74 Å². The molecule has 1 aromatic rings. The van der Waals surface area contributed by atoms with Crippen LogP contribution in [0.2, 0.25) is 0 Å². The van der Waals surface area contributed by atoms with E-state index in [-0.39, 0.29) is 11.2 Å². The number of halogens is 1. The highest BCUT2D eigenvalue weighted by atomic mass is 19.1. The molecule has 0 heterocycles. The van der Waals surface area contributed by atoms with Gasteiger partial charge in [-0.05, 0) is 42.5 Å². The van der Waals surface area contributed by atoms with Crippen molar-refractivity contribution in [2.75, 3.05) is 13.7 Å². The third kappa shape index (κ3) is 4.20. The fourth-order valence-corrected chi connectivity index (χ4v) is 2.19. The van der Waals surface area contributed by atoms with Gasteiger partial charge in [0.25, 0.3) is 0 Å². The molecule has 2 nitrogen and oxygen atoms in total. The molecule has 0 aliphatic heterocycles. The lowest BCUT2D eigenvalue weighted by Gasteiger charge is -2.34. The number of benzene rings is 1. The van der Waals surface area contributed by atoms with Crippen molar-refractivity contribution >= 4 is 0 Å². The van der Waals surface area contributed by atoms with Gasteiger partial charge < -0.3 is 10.1 Å². The normalized spacial score (nSPS) is 13.4. The zero-order valence-corrected chi connectivity index (χ0v) is 12.7. The maximum atomic E-state index is 13.7. The Kier molecular flexibility index (Phi) is 5.80. The van der Waals surface area contributed by atoms with Gasteiger partial charge in [0.2, 0.25) is 0 Å². The van der Waals surface area contributed by atoms with E-state index in [0.717, 1.165) is 24.9 Å². The summed E-state index contributed by atoms with van der Waals surface area (Å²) in [5.74, 6) is 0.0167. The minimum atomic E-state index is -0.287. The average molecular weight is 267 g/mol. The fourth-order valence-electron chi connectivity index (χ4n) is 2.19. The Bertz CT molecular complexity index is 404. The van der Waals surface area contributed by atoms with Crippen molar-refractivity contribution in [1.82, 2.24) is 5.32 Å². The van der Waals surface area contributed by atoms with Crippen molar-refractivity contribution in [3.63, 3.8) is 0 Å². The SMILES string of the molecule is CCNC(Cc1ccc(OC)c(F)c1)C(C)(C)CC. The van der Waals surface area contributed by atoms with Crippen molar-refractivity contribution in [2.24, 2.45) is 5.41 Å². The average Bonchev–Trinajstić information content (AvgIpc) is 2.38. The number of ether oxygens (including phenoxy) is 1. The smallest absolute Gasteiger partial charge is 0.165 e. The van der Waals surface area contributed by atoms with E-state index in [1.807, 2.05) is 6.07 Å². The maximum Gasteiger partial charge on any atom is 0.165 e. The molecule has 0 saturated heterocycles. The van der Waals surface area contributed by atoms with Crippen molar-refractivity contribution < 1.29 is 9.13 Å². The highest BCUT2D eigenvalue weighted by Gasteiger charge is 2.27. The summed E-state index contributed by atoms with van der Waals surface area (Å²) in [6.07, 6.45) is 1.92. The molecule has 108 valence electrons. The van der Waals surface area contributed by atoms with Gasteiger partial charge in [-0.25, -0.2) is 4.39 Å². The van der Waals surface area contributed by atoms with Crippen LogP contribution in [0.5, 0.6) is 5.75 Å². The van der Waals surface area contributed by atoms with Gasteiger partial charge in [-0.1, -0.05) is 33.8 Å². The van der Waals surface area contributed by atoms with Crippen molar-refractivity contribution in [1.29, 1.82) is 0 Å². The number of rotatable bonds is 7. The van der Waals surface area contributed by atoms with E-state index in [0.29, 0.717) is 11.8 Å². The van der Waals surface area contributed by atoms with E-state index in [1.165, 1.54) is 7.11 Å². The molecule has 0 amide bonds. The molecule has 0 saturated carbocycles. The van der Waals surface area contributed by atoms with Gasteiger partial charge >= 0.3 is 0 Å². The maximum absolute atomic E-state index is 13.7. The lowest BCUT2D eigenvalue weighted by Crippen LogP contribution is -2.43. The molecule has 0 aromatic heterocycles. The quantitative estimate of drug-likeness (QED) is 0.811. The van der Waals surface area contributed by atoms with Crippen LogP contribution in [0.25, 0.3) is 0 Å². The van der Waals surface area contributed by atoms with Gasteiger partial charge in [0, 0.05) is 6.04 Å². The number of methoxy groups -OCH3 is 1. The van der Waals surface area contributed by atoms with Crippen LogP contribution in [0.3, 0.4) is 0 Å². The molecule has 1 atom stereocenters. The summed E-state index contributed by atoms with van der Waals surface area (Å²) in [7, 11) is 1.49. The second-order valence-electron chi connectivity index (χ2n) is 5.63. The molecule has 0 aliphatic carbocycles. The predicted octanol–water partition coefficient (Wildman–Crippen LogP) is 3.79. The van der Waals surface area contributed by atoms with Crippen LogP contribution in [-0.2, 0) is 6.42 Å². The third-order valence-corrected chi connectivity index (χ3v) is 3.96. The largest absolute Gasteiger partial charge is 0.494 e. The highest BCUT2D eigenvalue weighted by molar-refractivity contribution is 5.29. The minimum absolute atomic E-state index is 0.187. The molecule has 0 radical (unpaired) electrons. The molecule has 19 heavy (non-hydrogen) atoms. The summed E-state index contributed by atoms with van der Waals surface area (Å²) >= 11 is 0. The summed E-state index contributed by atoms with van der Waals surface area (Å²) in [5, 5.41) is 3.52. The standard InChI is InChI=1S/C16H26FNO/c1-6-16(3,4)15(18-7-2)11-12-8-9-14(19-5)13(17)10-12/h8-10,15,18H,6-7,11H2,1-5H3. The zero-order chi connectivity index (χ0) is 14.5. The van der Waals surface area contributed by atoms with Crippen LogP contribution in [0.15, 0.2) is 18.2 Å². The molecule has 1 unspecified atom stereocenters. The number of likely N-dealkylation sites (N-methyl/N-ethyl adjacent to an activating group) is 1. The van der Waals surface area contributed by atoms with Crippen LogP contribution < -0.4 is 10.1 Å². The number of hydrogen-bond acceptors (Lipinski definition) is 2. The monoisotopic (exact) mass is 267 g/mol. The number of hydrogen-bond donors (Lipinski definition) is 1. The van der Waals surface area contributed by atoms with Gasteiger partial charge in [0.15, 0.2) is 11.6 Å². The van der Waals surface area contributed by atoms with Crippen LogP contribution >= 0.6 is 0 Å². The van der Waals surface area contributed by atoms with Crippen LogP contribution in [0.1, 0.15) is 39.7 Å². The van der Waals surface area contributed by atoms with E-state index >= 15 is 0 Å². The van der Waals surface area contributed by atoms with Crippen molar-refractivity contribution in [3.05, 3.63) is 29.6 Å². The lowest BCUT2D eigenvalue weighted by atomic mass is 9.79. The summed E-state index contributed by atoms with van der Waals surface area (Å²) in [6.45, 7) is 9.72. The molecule has 1 aromatic carbocycles. The molecule has 0 bridgehead atoms. The van der Waals surface area contributed by atoms with E-state index < -0.39 is 0 Å².